The van der Waals surface area contributed by atoms with Crippen LogP contribution in [0.1, 0.15) is 44.4 Å². The Hall–Kier alpha value is -2.21. The molecule has 1 amide bonds. The van der Waals surface area contributed by atoms with Crippen molar-refractivity contribution in [1.29, 1.82) is 0 Å². The Bertz CT molecular complexity index is 814. The van der Waals surface area contributed by atoms with Crippen LogP contribution in [0.5, 0.6) is 0 Å². The van der Waals surface area contributed by atoms with Gasteiger partial charge in [-0.3, -0.25) is 9.69 Å². The maximum absolute atomic E-state index is 13.2. The number of hydrogen-bond donors (Lipinski definition) is 1. The molecule has 2 aromatic carbocycles. The second-order valence-corrected chi connectivity index (χ2v) is 8.86. The SMILES string of the molecule is CC1CN(C(C(=O)NCc2ccccc2COCc2ccccc2)C(C)C)CC(C)O1. The van der Waals surface area contributed by atoms with Crippen LogP contribution < -0.4 is 5.32 Å². The predicted octanol–water partition coefficient (Wildman–Crippen LogP) is 4.15. The highest BCUT2D eigenvalue weighted by atomic mass is 16.5. The summed E-state index contributed by atoms with van der Waals surface area (Å²) >= 11 is 0. The molecule has 5 heteroatoms. The number of carbonyl (C=O) groups is 1. The first-order valence-corrected chi connectivity index (χ1v) is 11.3. The van der Waals surface area contributed by atoms with E-state index in [9.17, 15) is 4.79 Å². The third kappa shape index (κ3) is 6.89. The summed E-state index contributed by atoms with van der Waals surface area (Å²) < 4.78 is 11.8. The number of benzene rings is 2. The van der Waals surface area contributed by atoms with E-state index in [-0.39, 0.29) is 30.1 Å². The fourth-order valence-corrected chi connectivity index (χ4v) is 4.35. The number of hydrogen-bond acceptors (Lipinski definition) is 4. The van der Waals surface area contributed by atoms with Gasteiger partial charge in [0.25, 0.3) is 0 Å². The van der Waals surface area contributed by atoms with Gasteiger partial charge in [0.1, 0.15) is 0 Å². The third-order valence-corrected chi connectivity index (χ3v) is 5.68. The predicted molar refractivity (Wildman–Crippen MR) is 123 cm³/mol. The smallest absolute Gasteiger partial charge is 0.237 e. The van der Waals surface area contributed by atoms with Crippen molar-refractivity contribution in [3.8, 4) is 0 Å². The normalized spacial score (nSPS) is 20.5. The first-order valence-electron chi connectivity index (χ1n) is 11.3. The molecule has 31 heavy (non-hydrogen) atoms. The molecule has 3 unspecified atom stereocenters. The summed E-state index contributed by atoms with van der Waals surface area (Å²) in [6.07, 6.45) is 0.278. The molecule has 0 radical (unpaired) electrons. The largest absolute Gasteiger partial charge is 0.373 e. The van der Waals surface area contributed by atoms with Gasteiger partial charge in [0.05, 0.1) is 31.5 Å². The highest BCUT2D eigenvalue weighted by Crippen LogP contribution is 2.19. The van der Waals surface area contributed by atoms with Crippen LogP contribution in [-0.2, 0) is 34.0 Å². The Labute approximate surface area is 186 Å². The summed E-state index contributed by atoms with van der Waals surface area (Å²) in [5.74, 6) is 0.304. The van der Waals surface area contributed by atoms with Crippen molar-refractivity contribution < 1.29 is 14.3 Å². The zero-order valence-corrected chi connectivity index (χ0v) is 19.2. The fraction of sp³-hybridized carbons (Fsp3) is 0.500. The van der Waals surface area contributed by atoms with Crippen LogP contribution >= 0.6 is 0 Å². The van der Waals surface area contributed by atoms with Crippen molar-refractivity contribution >= 4 is 5.91 Å². The first kappa shape index (κ1) is 23.5. The lowest BCUT2D eigenvalue weighted by atomic mass is 9.99. The van der Waals surface area contributed by atoms with E-state index >= 15 is 0 Å². The maximum Gasteiger partial charge on any atom is 0.237 e. The van der Waals surface area contributed by atoms with Crippen molar-refractivity contribution in [2.45, 2.75) is 65.7 Å². The Morgan fingerprint density at radius 1 is 1.00 bits per heavy atom. The highest BCUT2D eigenvalue weighted by molar-refractivity contribution is 5.82. The third-order valence-electron chi connectivity index (χ3n) is 5.68. The lowest BCUT2D eigenvalue weighted by Gasteiger charge is -2.41. The molecule has 5 nitrogen and oxygen atoms in total. The molecule has 1 saturated heterocycles. The summed E-state index contributed by atoms with van der Waals surface area (Å²) in [6, 6.07) is 18.2. The van der Waals surface area contributed by atoms with Gasteiger partial charge >= 0.3 is 0 Å². The molecule has 3 rings (SSSR count). The van der Waals surface area contributed by atoms with Crippen LogP contribution in [0, 0.1) is 5.92 Å². The summed E-state index contributed by atoms with van der Waals surface area (Å²) in [7, 11) is 0. The van der Waals surface area contributed by atoms with Gasteiger partial charge in [-0.2, -0.15) is 0 Å². The molecule has 0 bridgehead atoms. The van der Waals surface area contributed by atoms with Crippen LogP contribution in [0.2, 0.25) is 0 Å². The van der Waals surface area contributed by atoms with E-state index in [4.69, 9.17) is 9.47 Å². The monoisotopic (exact) mass is 424 g/mol. The Morgan fingerprint density at radius 3 is 2.26 bits per heavy atom. The van der Waals surface area contributed by atoms with Gasteiger partial charge in [0.2, 0.25) is 5.91 Å². The average molecular weight is 425 g/mol. The molecule has 0 aromatic heterocycles. The van der Waals surface area contributed by atoms with Crippen LogP contribution in [0.4, 0.5) is 0 Å². The molecular formula is C26H36N2O3. The van der Waals surface area contributed by atoms with E-state index in [1.807, 2.05) is 30.3 Å². The highest BCUT2D eigenvalue weighted by Gasteiger charge is 2.34. The minimum absolute atomic E-state index is 0.0799. The van der Waals surface area contributed by atoms with Crippen molar-refractivity contribution in [2.75, 3.05) is 13.1 Å². The number of morpholine rings is 1. The van der Waals surface area contributed by atoms with E-state index in [0.717, 1.165) is 29.8 Å². The fourth-order valence-electron chi connectivity index (χ4n) is 4.35. The zero-order valence-electron chi connectivity index (χ0n) is 19.2. The number of rotatable bonds is 9. The van der Waals surface area contributed by atoms with Crippen LogP contribution in [0.3, 0.4) is 0 Å². The van der Waals surface area contributed by atoms with E-state index in [1.165, 1.54) is 0 Å². The van der Waals surface area contributed by atoms with Crippen molar-refractivity contribution in [2.24, 2.45) is 5.92 Å². The molecule has 168 valence electrons. The molecule has 3 atom stereocenters. The minimum atomic E-state index is -0.157. The van der Waals surface area contributed by atoms with E-state index in [1.54, 1.807) is 0 Å². The van der Waals surface area contributed by atoms with Crippen LogP contribution in [-0.4, -0.2) is 42.1 Å². The molecule has 0 aliphatic carbocycles. The summed E-state index contributed by atoms with van der Waals surface area (Å²) in [5.41, 5.74) is 3.35. The van der Waals surface area contributed by atoms with Gasteiger partial charge in [-0.05, 0) is 36.5 Å². The Kier molecular flexibility index (Phi) is 8.64. The zero-order chi connectivity index (χ0) is 22.2. The van der Waals surface area contributed by atoms with E-state index < -0.39 is 0 Å². The van der Waals surface area contributed by atoms with E-state index in [0.29, 0.717) is 19.8 Å². The Morgan fingerprint density at radius 2 is 1.61 bits per heavy atom. The van der Waals surface area contributed by atoms with Gasteiger partial charge in [0, 0.05) is 19.6 Å². The molecule has 1 N–H and O–H groups in total. The van der Waals surface area contributed by atoms with Crippen LogP contribution in [0.15, 0.2) is 54.6 Å². The van der Waals surface area contributed by atoms with Gasteiger partial charge in [-0.15, -0.1) is 0 Å². The summed E-state index contributed by atoms with van der Waals surface area (Å²) in [6.45, 7) is 11.5. The molecule has 2 aromatic rings. The number of nitrogens with one attached hydrogen (secondary N) is 1. The molecule has 1 fully saturated rings. The summed E-state index contributed by atoms with van der Waals surface area (Å²) in [4.78, 5) is 15.4. The lowest BCUT2D eigenvalue weighted by molar-refractivity contribution is -0.135. The molecular weight excluding hydrogens is 388 g/mol. The number of carbonyl (C=O) groups excluding carboxylic acids is 1. The molecule has 0 spiro atoms. The second-order valence-electron chi connectivity index (χ2n) is 8.86. The quantitative estimate of drug-likeness (QED) is 0.657. The van der Waals surface area contributed by atoms with Gasteiger partial charge < -0.3 is 14.8 Å². The van der Waals surface area contributed by atoms with Crippen molar-refractivity contribution in [3.05, 3.63) is 71.3 Å². The molecule has 1 aliphatic heterocycles. The van der Waals surface area contributed by atoms with Crippen molar-refractivity contribution in [3.63, 3.8) is 0 Å². The molecule has 1 heterocycles. The van der Waals surface area contributed by atoms with Gasteiger partial charge in [-0.25, -0.2) is 0 Å². The average Bonchev–Trinajstić information content (AvgIpc) is 2.73. The topological polar surface area (TPSA) is 50.8 Å². The lowest BCUT2D eigenvalue weighted by Crippen LogP contribution is -2.56. The van der Waals surface area contributed by atoms with Crippen LogP contribution in [0.25, 0.3) is 0 Å². The number of amides is 1. The minimum Gasteiger partial charge on any atom is -0.373 e. The molecule has 1 aliphatic rings. The Balaban J connectivity index is 1.58. The van der Waals surface area contributed by atoms with Crippen molar-refractivity contribution in [1.82, 2.24) is 10.2 Å². The number of ether oxygens (including phenoxy) is 2. The standard InChI is InChI=1S/C26H36N2O3/c1-19(2)25(28-15-20(3)31-21(4)16-28)26(29)27-14-23-12-8-9-13-24(23)18-30-17-22-10-6-5-7-11-22/h5-13,19-21,25H,14-18H2,1-4H3,(H,27,29). The van der Waals surface area contributed by atoms with E-state index in [2.05, 4.69) is 62.2 Å². The first-order chi connectivity index (χ1) is 14.9. The number of nitrogens with zero attached hydrogens (tertiary/aromatic N) is 1. The second kappa shape index (κ2) is 11.4. The van der Waals surface area contributed by atoms with Gasteiger partial charge in [0.15, 0.2) is 0 Å². The summed E-state index contributed by atoms with van der Waals surface area (Å²) in [5, 5.41) is 3.18. The maximum atomic E-state index is 13.2. The molecule has 0 saturated carbocycles. The van der Waals surface area contributed by atoms with Gasteiger partial charge in [-0.1, -0.05) is 68.4 Å².